The Balaban J connectivity index is 2.71. The quantitative estimate of drug-likeness (QED) is 0.586. The van der Waals surface area contributed by atoms with E-state index in [1.54, 1.807) is 18.2 Å². The van der Waals surface area contributed by atoms with Gasteiger partial charge >= 0.3 is 0 Å². The zero-order chi connectivity index (χ0) is 11.5. The molecule has 0 radical (unpaired) electrons. The summed E-state index contributed by atoms with van der Waals surface area (Å²) in [5, 5.41) is 12.0. The first-order valence-corrected chi connectivity index (χ1v) is 4.89. The Bertz CT molecular complexity index is 540. The molecule has 5 heteroatoms. The zero-order valence-electron chi connectivity index (χ0n) is 8.71. The minimum atomic E-state index is -0.405. The number of fused-ring (bicyclic) bond motifs is 1. The maximum absolute atomic E-state index is 10.8. The first kappa shape index (κ1) is 10.4. The number of rotatable bonds is 3. The summed E-state index contributed by atoms with van der Waals surface area (Å²) in [5.74, 6) is 0.434. The molecule has 16 heavy (non-hydrogen) atoms. The largest absolute Gasteiger partial charge is 0.478 e. The molecule has 0 saturated carbocycles. The summed E-state index contributed by atoms with van der Waals surface area (Å²) in [7, 11) is 0. The van der Waals surface area contributed by atoms with E-state index in [0.717, 1.165) is 0 Å². The summed E-state index contributed by atoms with van der Waals surface area (Å²) in [5.41, 5.74) is 0.0702. The van der Waals surface area contributed by atoms with E-state index >= 15 is 0 Å². The van der Waals surface area contributed by atoms with Gasteiger partial charge in [-0.25, -0.2) is 4.98 Å². The van der Waals surface area contributed by atoms with Crippen LogP contribution < -0.4 is 4.74 Å². The number of pyridine rings is 1. The number of benzene rings is 1. The van der Waals surface area contributed by atoms with Gasteiger partial charge in [0, 0.05) is 12.3 Å². The van der Waals surface area contributed by atoms with E-state index in [0.29, 0.717) is 23.3 Å². The summed E-state index contributed by atoms with van der Waals surface area (Å²) in [6.07, 6.45) is 1.51. The Morgan fingerprint density at radius 2 is 2.19 bits per heavy atom. The topological polar surface area (TPSA) is 65.3 Å². The van der Waals surface area contributed by atoms with Crippen molar-refractivity contribution in [1.82, 2.24) is 4.98 Å². The van der Waals surface area contributed by atoms with E-state index in [4.69, 9.17) is 4.74 Å². The molecule has 0 N–H and O–H groups in total. The van der Waals surface area contributed by atoms with E-state index in [9.17, 15) is 10.1 Å². The molecule has 0 aliphatic rings. The smallest absolute Gasteiger partial charge is 0.277 e. The lowest BCUT2D eigenvalue weighted by Crippen LogP contribution is -1.96. The number of nitro groups is 1. The third kappa shape index (κ3) is 1.67. The molecule has 2 rings (SSSR count). The maximum Gasteiger partial charge on any atom is 0.277 e. The van der Waals surface area contributed by atoms with Crippen LogP contribution in [-0.4, -0.2) is 16.5 Å². The van der Waals surface area contributed by atoms with Crippen molar-refractivity contribution in [3.05, 3.63) is 40.6 Å². The van der Waals surface area contributed by atoms with Gasteiger partial charge in [0.2, 0.25) is 5.88 Å². The Labute approximate surface area is 91.8 Å². The van der Waals surface area contributed by atoms with Crippen LogP contribution in [0.1, 0.15) is 6.92 Å². The molecule has 0 amide bonds. The summed E-state index contributed by atoms with van der Waals surface area (Å²) in [6, 6.07) is 6.49. The fourth-order valence-corrected chi connectivity index (χ4v) is 1.57. The molecule has 0 spiro atoms. The summed E-state index contributed by atoms with van der Waals surface area (Å²) >= 11 is 0. The molecule has 2 aromatic rings. The Hall–Kier alpha value is -2.17. The second-order valence-corrected chi connectivity index (χ2v) is 3.18. The molecular formula is C11H10N2O3. The Morgan fingerprint density at radius 3 is 2.88 bits per heavy atom. The van der Waals surface area contributed by atoms with Crippen molar-refractivity contribution >= 4 is 16.5 Å². The molecular weight excluding hydrogens is 208 g/mol. The number of non-ortho nitro benzene ring substituents is 1. The molecule has 1 aromatic carbocycles. The fourth-order valence-electron chi connectivity index (χ4n) is 1.57. The van der Waals surface area contributed by atoms with Crippen molar-refractivity contribution in [2.24, 2.45) is 0 Å². The van der Waals surface area contributed by atoms with E-state index in [-0.39, 0.29) is 5.69 Å². The number of nitrogens with zero attached hydrogens (tertiary/aromatic N) is 2. The number of nitro benzene ring substituents is 1. The maximum atomic E-state index is 10.8. The molecule has 0 bridgehead atoms. The number of aromatic nitrogens is 1. The summed E-state index contributed by atoms with van der Waals surface area (Å²) in [4.78, 5) is 14.5. The highest BCUT2D eigenvalue weighted by Gasteiger charge is 2.13. The Morgan fingerprint density at radius 1 is 1.38 bits per heavy atom. The van der Waals surface area contributed by atoms with Crippen LogP contribution in [0.5, 0.6) is 5.88 Å². The molecule has 1 aromatic heterocycles. The van der Waals surface area contributed by atoms with Gasteiger partial charge in [0.05, 0.1) is 22.3 Å². The monoisotopic (exact) mass is 218 g/mol. The number of ether oxygens (including phenoxy) is 1. The van der Waals surface area contributed by atoms with Gasteiger partial charge < -0.3 is 4.74 Å². The van der Waals surface area contributed by atoms with Crippen molar-refractivity contribution in [3.63, 3.8) is 0 Å². The van der Waals surface area contributed by atoms with Gasteiger partial charge in [0.1, 0.15) is 0 Å². The highest BCUT2D eigenvalue weighted by Crippen LogP contribution is 2.29. The van der Waals surface area contributed by atoms with Crippen molar-refractivity contribution in [1.29, 1.82) is 0 Å². The molecule has 0 aliphatic carbocycles. The lowest BCUT2D eigenvalue weighted by atomic mass is 10.1. The van der Waals surface area contributed by atoms with Crippen molar-refractivity contribution in [2.45, 2.75) is 6.92 Å². The van der Waals surface area contributed by atoms with Crippen LogP contribution in [0.25, 0.3) is 10.8 Å². The van der Waals surface area contributed by atoms with E-state index < -0.39 is 4.92 Å². The Kier molecular flexibility index (Phi) is 2.68. The van der Waals surface area contributed by atoms with Crippen molar-refractivity contribution in [2.75, 3.05) is 6.61 Å². The molecule has 0 fully saturated rings. The molecule has 0 atom stereocenters. The van der Waals surface area contributed by atoms with Crippen LogP contribution in [0.2, 0.25) is 0 Å². The van der Waals surface area contributed by atoms with Gasteiger partial charge in [-0.05, 0) is 19.1 Å². The molecule has 1 heterocycles. The van der Waals surface area contributed by atoms with Crippen LogP contribution in [0, 0.1) is 10.1 Å². The molecule has 0 aliphatic heterocycles. The molecule has 5 nitrogen and oxygen atoms in total. The summed E-state index contributed by atoms with van der Waals surface area (Å²) in [6.45, 7) is 2.33. The SMILES string of the molecule is CCOc1nccc2c([N+](=O)[O-])cccc12. The van der Waals surface area contributed by atoms with Crippen LogP contribution in [0.15, 0.2) is 30.5 Å². The van der Waals surface area contributed by atoms with Gasteiger partial charge in [-0.3, -0.25) is 10.1 Å². The van der Waals surface area contributed by atoms with E-state index in [1.807, 2.05) is 6.92 Å². The van der Waals surface area contributed by atoms with Crippen LogP contribution in [0.3, 0.4) is 0 Å². The van der Waals surface area contributed by atoms with Gasteiger partial charge in [-0.2, -0.15) is 0 Å². The van der Waals surface area contributed by atoms with Crippen LogP contribution >= 0.6 is 0 Å². The second kappa shape index (κ2) is 4.14. The van der Waals surface area contributed by atoms with Crippen LogP contribution in [-0.2, 0) is 0 Å². The van der Waals surface area contributed by atoms with Gasteiger partial charge in [0.25, 0.3) is 5.69 Å². The molecule has 0 unspecified atom stereocenters. The molecule has 0 saturated heterocycles. The van der Waals surface area contributed by atoms with Crippen LogP contribution in [0.4, 0.5) is 5.69 Å². The summed E-state index contributed by atoms with van der Waals surface area (Å²) < 4.78 is 5.32. The predicted molar refractivity (Wildman–Crippen MR) is 59.6 cm³/mol. The molecule has 82 valence electrons. The van der Waals surface area contributed by atoms with Gasteiger partial charge in [-0.15, -0.1) is 0 Å². The van der Waals surface area contributed by atoms with Gasteiger partial charge in [0.15, 0.2) is 0 Å². The third-order valence-electron chi connectivity index (χ3n) is 2.22. The number of hydrogen-bond donors (Lipinski definition) is 0. The first-order valence-electron chi connectivity index (χ1n) is 4.89. The standard InChI is InChI=1S/C11H10N2O3/c1-2-16-11-9-4-3-5-10(13(14)15)8(9)6-7-12-11/h3-7H,2H2,1H3. The normalized spacial score (nSPS) is 10.3. The average molecular weight is 218 g/mol. The number of hydrogen-bond acceptors (Lipinski definition) is 4. The zero-order valence-corrected chi connectivity index (χ0v) is 8.71. The third-order valence-corrected chi connectivity index (χ3v) is 2.22. The first-order chi connectivity index (χ1) is 7.74. The predicted octanol–water partition coefficient (Wildman–Crippen LogP) is 2.54. The van der Waals surface area contributed by atoms with E-state index in [1.165, 1.54) is 12.3 Å². The minimum Gasteiger partial charge on any atom is -0.478 e. The average Bonchev–Trinajstić information content (AvgIpc) is 2.29. The second-order valence-electron chi connectivity index (χ2n) is 3.18. The minimum absolute atomic E-state index is 0.0702. The lowest BCUT2D eigenvalue weighted by molar-refractivity contribution is -0.383. The lowest BCUT2D eigenvalue weighted by Gasteiger charge is -2.05. The van der Waals surface area contributed by atoms with Gasteiger partial charge in [-0.1, -0.05) is 6.07 Å². The van der Waals surface area contributed by atoms with Crippen molar-refractivity contribution < 1.29 is 9.66 Å². The highest BCUT2D eigenvalue weighted by atomic mass is 16.6. The van der Waals surface area contributed by atoms with E-state index in [2.05, 4.69) is 4.98 Å². The fraction of sp³-hybridized carbons (Fsp3) is 0.182. The highest BCUT2D eigenvalue weighted by molar-refractivity contribution is 5.93. The van der Waals surface area contributed by atoms with Crippen molar-refractivity contribution in [3.8, 4) is 5.88 Å².